The molecule has 0 aromatic heterocycles. The van der Waals surface area contributed by atoms with Gasteiger partial charge in [0.05, 0.1) is 6.04 Å². The van der Waals surface area contributed by atoms with Crippen LogP contribution in [0.3, 0.4) is 0 Å². The molecule has 4 heteroatoms. The Bertz CT molecular complexity index is 329. The molecule has 2 aliphatic rings. The third-order valence-electron chi connectivity index (χ3n) is 4.75. The largest absolute Gasteiger partial charge is 0.340 e. The highest BCUT2D eigenvalue weighted by Crippen LogP contribution is 2.32. The number of hydrogen-bond donors (Lipinski definition) is 1. The van der Waals surface area contributed by atoms with Gasteiger partial charge in [0.15, 0.2) is 0 Å². The number of nitrogens with two attached hydrogens (primary N) is 1. The fraction of sp³-hybridized carbons (Fsp3) is 0.933. The fourth-order valence-corrected chi connectivity index (χ4v) is 3.65. The van der Waals surface area contributed by atoms with Crippen molar-refractivity contribution in [2.75, 3.05) is 13.1 Å². The van der Waals surface area contributed by atoms with Crippen LogP contribution in [0.2, 0.25) is 0 Å². The van der Waals surface area contributed by atoms with Crippen molar-refractivity contribution >= 4 is 5.91 Å². The summed E-state index contributed by atoms with van der Waals surface area (Å²) in [6.45, 7) is 10.3. The van der Waals surface area contributed by atoms with Gasteiger partial charge in [-0.2, -0.15) is 0 Å². The summed E-state index contributed by atoms with van der Waals surface area (Å²) in [7, 11) is 0. The molecule has 0 aliphatic carbocycles. The summed E-state index contributed by atoms with van der Waals surface area (Å²) in [5.74, 6) is 0.361. The molecule has 0 radical (unpaired) electrons. The van der Waals surface area contributed by atoms with Gasteiger partial charge in [0, 0.05) is 31.2 Å². The minimum Gasteiger partial charge on any atom is -0.340 e. The van der Waals surface area contributed by atoms with Crippen LogP contribution < -0.4 is 5.73 Å². The maximum absolute atomic E-state index is 12.4. The number of carbonyl (C=O) groups is 1. The van der Waals surface area contributed by atoms with Crippen LogP contribution in [0, 0.1) is 5.92 Å². The minimum atomic E-state index is -0.343. The van der Waals surface area contributed by atoms with E-state index in [9.17, 15) is 4.79 Å². The topological polar surface area (TPSA) is 49.6 Å². The van der Waals surface area contributed by atoms with E-state index < -0.39 is 0 Å². The minimum absolute atomic E-state index is 0.145. The van der Waals surface area contributed by atoms with Gasteiger partial charge in [-0.25, -0.2) is 0 Å². The molecule has 2 aliphatic heterocycles. The first-order valence-electron chi connectivity index (χ1n) is 7.73. The molecule has 3 atom stereocenters. The van der Waals surface area contributed by atoms with Gasteiger partial charge in [-0.3, -0.25) is 9.69 Å². The van der Waals surface area contributed by atoms with E-state index in [1.165, 1.54) is 12.8 Å². The van der Waals surface area contributed by atoms with Crippen LogP contribution in [0.25, 0.3) is 0 Å². The summed E-state index contributed by atoms with van der Waals surface area (Å²) >= 11 is 0. The van der Waals surface area contributed by atoms with Gasteiger partial charge in [-0.15, -0.1) is 0 Å². The van der Waals surface area contributed by atoms with Crippen molar-refractivity contribution in [1.29, 1.82) is 0 Å². The smallest absolute Gasteiger partial charge is 0.239 e. The van der Waals surface area contributed by atoms with Gasteiger partial charge >= 0.3 is 0 Å². The van der Waals surface area contributed by atoms with Gasteiger partial charge in [0.25, 0.3) is 0 Å². The highest BCUT2D eigenvalue weighted by molar-refractivity contribution is 5.82. The second kappa shape index (κ2) is 5.80. The van der Waals surface area contributed by atoms with E-state index in [2.05, 4.69) is 18.7 Å². The third kappa shape index (κ3) is 2.95. The Kier molecular flexibility index (Phi) is 4.51. The number of rotatable bonds is 3. The summed E-state index contributed by atoms with van der Waals surface area (Å²) in [6, 6.07) is 1.43. The van der Waals surface area contributed by atoms with Crippen molar-refractivity contribution in [3.05, 3.63) is 0 Å². The standard InChI is InChI=1S/C15H29N3O/c1-10(2)14(16)15(19)17-8-7-12-5-6-13(9-17)18(12)11(3)4/h10-14H,5-9,16H2,1-4H3/t12-,13+,14+/m1/s1. The first kappa shape index (κ1) is 14.8. The van der Waals surface area contributed by atoms with Crippen molar-refractivity contribution in [2.45, 2.75) is 71.1 Å². The molecule has 2 fully saturated rings. The second-order valence-electron chi connectivity index (χ2n) is 6.77. The number of likely N-dealkylation sites (tertiary alicyclic amines) is 1. The lowest BCUT2D eigenvalue weighted by atomic mass is 10.0. The summed E-state index contributed by atoms with van der Waals surface area (Å²) in [4.78, 5) is 17.1. The Hall–Kier alpha value is -0.610. The Morgan fingerprint density at radius 2 is 1.74 bits per heavy atom. The van der Waals surface area contributed by atoms with Crippen molar-refractivity contribution < 1.29 is 4.79 Å². The molecule has 2 saturated heterocycles. The molecule has 0 spiro atoms. The summed E-state index contributed by atoms with van der Waals surface area (Å²) < 4.78 is 0. The average Bonchev–Trinajstić information content (AvgIpc) is 2.62. The van der Waals surface area contributed by atoms with Crippen LogP contribution in [0.15, 0.2) is 0 Å². The Balaban J connectivity index is 2.06. The average molecular weight is 267 g/mol. The zero-order valence-electron chi connectivity index (χ0n) is 12.8. The number of amides is 1. The predicted octanol–water partition coefficient (Wildman–Crippen LogP) is 1.44. The van der Waals surface area contributed by atoms with Crippen molar-refractivity contribution in [3.63, 3.8) is 0 Å². The zero-order chi connectivity index (χ0) is 14.2. The Morgan fingerprint density at radius 1 is 1.11 bits per heavy atom. The van der Waals surface area contributed by atoms with E-state index in [4.69, 9.17) is 5.73 Å². The molecule has 0 aromatic rings. The van der Waals surface area contributed by atoms with Crippen LogP contribution in [-0.2, 0) is 4.79 Å². The van der Waals surface area contributed by atoms with Gasteiger partial charge in [0.2, 0.25) is 5.91 Å². The molecule has 2 bridgehead atoms. The molecule has 19 heavy (non-hydrogen) atoms. The van der Waals surface area contributed by atoms with Gasteiger partial charge in [-0.05, 0) is 39.0 Å². The van der Waals surface area contributed by atoms with Crippen LogP contribution >= 0.6 is 0 Å². The Morgan fingerprint density at radius 3 is 2.32 bits per heavy atom. The summed E-state index contributed by atoms with van der Waals surface area (Å²) in [5, 5.41) is 0. The maximum Gasteiger partial charge on any atom is 0.239 e. The van der Waals surface area contributed by atoms with Crippen LogP contribution in [0.4, 0.5) is 0 Å². The van der Waals surface area contributed by atoms with E-state index in [1.54, 1.807) is 0 Å². The lowest BCUT2D eigenvalue weighted by molar-refractivity contribution is -0.134. The van der Waals surface area contributed by atoms with E-state index in [0.717, 1.165) is 19.5 Å². The maximum atomic E-state index is 12.4. The van der Waals surface area contributed by atoms with Crippen LogP contribution in [0.5, 0.6) is 0 Å². The van der Waals surface area contributed by atoms with Gasteiger partial charge < -0.3 is 10.6 Å². The lowest BCUT2D eigenvalue weighted by Gasteiger charge is -2.32. The summed E-state index contributed by atoms with van der Waals surface area (Å²) in [6.07, 6.45) is 3.62. The van der Waals surface area contributed by atoms with E-state index in [0.29, 0.717) is 18.1 Å². The molecule has 0 unspecified atom stereocenters. The molecular weight excluding hydrogens is 238 g/mol. The highest BCUT2D eigenvalue weighted by Gasteiger charge is 2.40. The van der Waals surface area contributed by atoms with Crippen LogP contribution in [0.1, 0.15) is 47.0 Å². The molecule has 2 heterocycles. The van der Waals surface area contributed by atoms with E-state index >= 15 is 0 Å². The van der Waals surface area contributed by atoms with Gasteiger partial charge in [-0.1, -0.05) is 13.8 Å². The monoisotopic (exact) mass is 267 g/mol. The number of carbonyl (C=O) groups excluding carboxylic acids is 1. The predicted molar refractivity (Wildman–Crippen MR) is 77.8 cm³/mol. The molecule has 1 amide bonds. The van der Waals surface area contributed by atoms with Crippen molar-refractivity contribution in [3.8, 4) is 0 Å². The fourth-order valence-electron chi connectivity index (χ4n) is 3.65. The molecule has 0 saturated carbocycles. The summed E-state index contributed by atoms with van der Waals surface area (Å²) in [5.41, 5.74) is 6.03. The molecule has 4 nitrogen and oxygen atoms in total. The highest BCUT2D eigenvalue weighted by atomic mass is 16.2. The molecule has 2 rings (SSSR count). The molecule has 110 valence electrons. The number of hydrogen-bond acceptors (Lipinski definition) is 3. The van der Waals surface area contributed by atoms with Gasteiger partial charge in [0.1, 0.15) is 0 Å². The first-order valence-corrected chi connectivity index (χ1v) is 7.73. The second-order valence-corrected chi connectivity index (χ2v) is 6.77. The zero-order valence-corrected chi connectivity index (χ0v) is 12.8. The lowest BCUT2D eigenvalue weighted by Crippen LogP contribution is -2.50. The normalized spacial score (nSPS) is 29.9. The Labute approximate surface area is 117 Å². The first-order chi connectivity index (χ1) is 8.91. The molecule has 0 aromatic carbocycles. The van der Waals surface area contributed by atoms with E-state index in [1.807, 2.05) is 18.7 Å². The SMILES string of the molecule is CC(C)[C@H](N)C(=O)N1CC[C@H]2CC[C@@H](C1)N2C(C)C. The number of nitrogens with zero attached hydrogens (tertiary/aromatic N) is 2. The van der Waals surface area contributed by atoms with Crippen molar-refractivity contribution in [2.24, 2.45) is 11.7 Å². The quantitative estimate of drug-likeness (QED) is 0.842. The van der Waals surface area contributed by atoms with Crippen molar-refractivity contribution in [1.82, 2.24) is 9.80 Å². The molecular formula is C15H29N3O. The molecule has 2 N–H and O–H groups in total. The van der Waals surface area contributed by atoms with E-state index in [-0.39, 0.29) is 17.9 Å². The number of fused-ring (bicyclic) bond motifs is 2. The third-order valence-corrected chi connectivity index (χ3v) is 4.75. The van der Waals surface area contributed by atoms with Crippen LogP contribution in [-0.4, -0.2) is 53.0 Å².